The molecule has 0 aliphatic rings. The number of ether oxygens (including phenoxy) is 2. The van der Waals surface area contributed by atoms with Gasteiger partial charge in [0.15, 0.2) is 0 Å². The van der Waals surface area contributed by atoms with E-state index in [2.05, 4.69) is 4.98 Å². The van der Waals surface area contributed by atoms with Crippen LogP contribution in [0, 0.1) is 0 Å². The molecule has 124 valence electrons. The fraction of sp³-hybridized carbons (Fsp3) is 0.267. The highest BCUT2D eigenvalue weighted by atomic mass is 35.5. The van der Waals surface area contributed by atoms with Gasteiger partial charge in [0.05, 0.1) is 12.2 Å². The molecule has 0 saturated heterocycles. The predicted octanol–water partition coefficient (Wildman–Crippen LogP) is 4.58. The summed E-state index contributed by atoms with van der Waals surface area (Å²) in [6.45, 7) is 1.62. The number of alkyl halides is 3. The van der Waals surface area contributed by atoms with Gasteiger partial charge >= 0.3 is 5.38 Å². The molecule has 1 atom stereocenters. The highest BCUT2D eigenvalue weighted by Gasteiger charge is 2.29. The first-order chi connectivity index (χ1) is 10.8. The molecule has 0 radical (unpaired) electrons. The van der Waals surface area contributed by atoms with E-state index in [0.717, 1.165) is 12.3 Å². The number of nitrogens with zero attached hydrogens (tertiary/aromatic N) is 1. The molecule has 1 N–H and O–H groups in total. The van der Waals surface area contributed by atoms with Crippen molar-refractivity contribution in [1.82, 2.24) is 4.98 Å². The van der Waals surface area contributed by atoms with Crippen LogP contribution >= 0.6 is 23.2 Å². The Kier molecular flexibility index (Phi) is 5.62. The fourth-order valence-electron chi connectivity index (χ4n) is 1.62. The van der Waals surface area contributed by atoms with Crippen LogP contribution < -0.4 is 9.47 Å². The maximum absolute atomic E-state index is 13.0. The second-order valence-corrected chi connectivity index (χ2v) is 5.58. The van der Waals surface area contributed by atoms with Crippen molar-refractivity contribution in [2.45, 2.75) is 18.4 Å². The zero-order valence-corrected chi connectivity index (χ0v) is 13.5. The van der Waals surface area contributed by atoms with Crippen molar-refractivity contribution in [1.29, 1.82) is 0 Å². The molecule has 1 heterocycles. The molecule has 2 rings (SSSR count). The summed E-state index contributed by atoms with van der Waals surface area (Å²) in [6, 6.07) is 7.47. The number of hydrogen-bond acceptors (Lipinski definition) is 4. The second-order valence-electron chi connectivity index (χ2n) is 4.69. The number of hydrogen-bond donors (Lipinski definition) is 1. The van der Waals surface area contributed by atoms with Crippen LogP contribution in [-0.4, -0.2) is 22.8 Å². The minimum atomic E-state index is -3.54. The standard InChI is InChI=1S/C15H13Cl2F2NO3/c1-9(8-21)22-11-2-4-12(5-3-11)23-14-13(16)6-10(7-20-14)15(17,18)19/h2-7,9,21H,8H2,1H3. The minimum absolute atomic E-state index is 0.0197. The summed E-state index contributed by atoms with van der Waals surface area (Å²) in [7, 11) is 0. The Morgan fingerprint density at radius 2 is 1.87 bits per heavy atom. The van der Waals surface area contributed by atoms with Crippen molar-refractivity contribution >= 4 is 23.2 Å². The first-order valence-electron chi connectivity index (χ1n) is 6.58. The van der Waals surface area contributed by atoms with Gasteiger partial charge in [0.25, 0.3) is 0 Å². The average molecular weight is 364 g/mol. The number of halogens is 4. The Morgan fingerprint density at radius 1 is 1.26 bits per heavy atom. The van der Waals surface area contributed by atoms with E-state index in [1.807, 2.05) is 0 Å². The lowest BCUT2D eigenvalue weighted by molar-refractivity contribution is 0.0946. The van der Waals surface area contributed by atoms with E-state index in [4.69, 9.17) is 37.8 Å². The first-order valence-corrected chi connectivity index (χ1v) is 7.33. The molecule has 0 amide bonds. The van der Waals surface area contributed by atoms with Crippen molar-refractivity contribution in [3.63, 3.8) is 0 Å². The van der Waals surface area contributed by atoms with E-state index in [1.165, 1.54) is 0 Å². The monoisotopic (exact) mass is 363 g/mol. The minimum Gasteiger partial charge on any atom is -0.488 e. The molecule has 2 aromatic rings. The second kappa shape index (κ2) is 7.29. The molecule has 1 aromatic carbocycles. The molecular formula is C15H13Cl2F2NO3. The Hall–Kier alpha value is -1.63. The summed E-state index contributed by atoms with van der Waals surface area (Å²) in [6.07, 6.45) is 0.567. The van der Waals surface area contributed by atoms with Gasteiger partial charge in [-0.1, -0.05) is 11.6 Å². The van der Waals surface area contributed by atoms with Gasteiger partial charge in [0.2, 0.25) is 5.88 Å². The van der Waals surface area contributed by atoms with Gasteiger partial charge in [-0.15, -0.1) is 0 Å². The lowest BCUT2D eigenvalue weighted by Gasteiger charge is -2.13. The number of benzene rings is 1. The summed E-state index contributed by atoms with van der Waals surface area (Å²) in [4.78, 5) is 3.74. The molecular weight excluding hydrogens is 351 g/mol. The van der Waals surface area contributed by atoms with Crippen LogP contribution in [0.25, 0.3) is 0 Å². The van der Waals surface area contributed by atoms with Crippen LogP contribution in [-0.2, 0) is 5.38 Å². The van der Waals surface area contributed by atoms with Gasteiger partial charge < -0.3 is 14.6 Å². The van der Waals surface area contributed by atoms with Crippen molar-refractivity contribution in [3.8, 4) is 17.4 Å². The largest absolute Gasteiger partial charge is 0.488 e. The van der Waals surface area contributed by atoms with E-state index in [9.17, 15) is 8.78 Å². The summed E-state index contributed by atoms with van der Waals surface area (Å²) in [5.74, 6) is 0.928. The Balaban J connectivity index is 2.10. The third kappa shape index (κ3) is 4.92. The molecule has 4 nitrogen and oxygen atoms in total. The molecule has 23 heavy (non-hydrogen) atoms. The van der Waals surface area contributed by atoms with E-state index in [0.29, 0.717) is 11.5 Å². The van der Waals surface area contributed by atoms with E-state index < -0.39 is 10.9 Å². The maximum atomic E-state index is 13.0. The zero-order valence-electron chi connectivity index (χ0n) is 12.0. The number of aromatic nitrogens is 1. The third-order valence-corrected chi connectivity index (χ3v) is 3.26. The lowest BCUT2D eigenvalue weighted by Crippen LogP contribution is -2.15. The van der Waals surface area contributed by atoms with Crippen LogP contribution in [0.3, 0.4) is 0 Å². The molecule has 0 aliphatic heterocycles. The highest BCUT2D eigenvalue weighted by molar-refractivity contribution is 6.32. The SMILES string of the molecule is CC(CO)Oc1ccc(Oc2ncc(C(F)(F)Cl)cc2Cl)cc1. The molecule has 0 fully saturated rings. The summed E-state index contributed by atoms with van der Waals surface area (Å²) in [5, 5.41) is 5.29. The fourth-order valence-corrected chi connectivity index (χ4v) is 1.93. The molecule has 0 aliphatic carbocycles. The van der Waals surface area contributed by atoms with Gasteiger partial charge in [0, 0.05) is 6.20 Å². The van der Waals surface area contributed by atoms with Gasteiger partial charge in [-0.05, 0) is 48.9 Å². The third-order valence-electron chi connectivity index (χ3n) is 2.77. The van der Waals surface area contributed by atoms with Crippen LogP contribution in [0.5, 0.6) is 17.4 Å². The predicted molar refractivity (Wildman–Crippen MR) is 82.7 cm³/mol. The topological polar surface area (TPSA) is 51.6 Å². The van der Waals surface area contributed by atoms with Gasteiger partial charge in [0.1, 0.15) is 22.6 Å². The normalized spacial score (nSPS) is 12.8. The van der Waals surface area contributed by atoms with Crippen LogP contribution in [0.2, 0.25) is 5.02 Å². The van der Waals surface area contributed by atoms with Crippen molar-refractivity contribution in [2.24, 2.45) is 0 Å². The molecule has 0 saturated carbocycles. The summed E-state index contributed by atoms with van der Waals surface area (Å²) >= 11 is 10.8. The molecule has 8 heteroatoms. The first kappa shape index (κ1) is 17.7. The maximum Gasteiger partial charge on any atom is 0.349 e. The smallest absolute Gasteiger partial charge is 0.349 e. The van der Waals surface area contributed by atoms with Gasteiger partial charge in [-0.3, -0.25) is 0 Å². The molecule has 0 spiro atoms. The summed E-state index contributed by atoms with van der Waals surface area (Å²) < 4.78 is 36.8. The Bertz CT molecular complexity index is 663. The van der Waals surface area contributed by atoms with Crippen LogP contribution in [0.1, 0.15) is 12.5 Å². The quantitative estimate of drug-likeness (QED) is 0.763. The van der Waals surface area contributed by atoms with Gasteiger partial charge in [-0.25, -0.2) is 4.98 Å². The Morgan fingerprint density at radius 3 is 2.39 bits per heavy atom. The Labute approximate surface area is 141 Å². The number of aliphatic hydroxyl groups excluding tert-OH is 1. The molecule has 1 aromatic heterocycles. The van der Waals surface area contributed by atoms with Crippen molar-refractivity contribution in [3.05, 3.63) is 47.1 Å². The van der Waals surface area contributed by atoms with E-state index in [-0.39, 0.29) is 23.6 Å². The number of aliphatic hydroxyl groups is 1. The number of pyridine rings is 1. The highest BCUT2D eigenvalue weighted by Crippen LogP contribution is 2.36. The van der Waals surface area contributed by atoms with Gasteiger partial charge in [-0.2, -0.15) is 8.78 Å². The zero-order chi connectivity index (χ0) is 17.0. The average Bonchev–Trinajstić information content (AvgIpc) is 2.50. The van der Waals surface area contributed by atoms with E-state index >= 15 is 0 Å². The van der Waals surface area contributed by atoms with E-state index in [1.54, 1.807) is 31.2 Å². The van der Waals surface area contributed by atoms with Crippen molar-refractivity contribution in [2.75, 3.05) is 6.61 Å². The van der Waals surface area contributed by atoms with Crippen molar-refractivity contribution < 1.29 is 23.4 Å². The van der Waals surface area contributed by atoms with Crippen LogP contribution in [0.15, 0.2) is 36.5 Å². The lowest BCUT2D eigenvalue weighted by atomic mass is 10.3. The molecule has 0 bridgehead atoms. The van der Waals surface area contributed by atoms with Crippen LogP contribution in [0.4, 0.5) is 8.78 Å². The summed E-state index contributed by atoms with van der Waals surface area (Å²) in [5.41, 5.74) is -0.516. The number of rotatable bonds is 6. The molecule has 1 unspecified atom stereocenters.